The highest BCUT2D eigenvalue weighted by Crippen LogP contribution is 2.64. The fourth-order valence-corrected chi connectivity index (χ4v) is 8.82. The van der Waals surface area contributed by atoms with Crippen LogP contribution in [0.2, 0.25) is 0 Å². The third-order valence-corrected chi connectivity index (χ3v) is 11.0. The smallest absolute Gasteiger partial charge is 0.301 e. The monoisotopic (exact) mass is 695 g/mol. The quantitative estimate of drug-likeness (QED) is 0.156. The highest BCUT2D eigenvalue weighted by Gasteiger charge is 2.67. The first-order valence-corrected chi connectivity index (χ1v) is 16.2. The van der Waals surface area contributed by atoms with Gasteiger partial charge in [0, 0.05) is 32.1 Å². The Kier molecular flexibility index (Phi) is 7.69. The van der Waals surface area contributed by atoms with Crippen molar-refractivity contribution in [3.05, 3.63) is 98.1 Å². The van der Waals surface area contributed by atoms with Crippen molar-refractivity contribution in [2.24, 2.45) is 29.1 Å². The number of amides is 4. The minimum Gasteiger partial charge on any atom is -0.504 e. The Balaban J connectivity index is 1.36. The maximum absolute atomic E-state index is 14.5. The van der Waals surface area contributed by atoms with E-state index in [9.17, 15) is 44.5 Å². The number of benzene rings is 3. The first-order valence-electron chi connectivity index (χ1n) is 16.2. The molecular formula is C36H33N5O10. The summed E-state index contributed by atoms with van der Waals surface area (Å²) in [6, 6.07) is 15.2. The summed E-state index contributed by atoms with van der Waals surface area (Å²) in [4.78, 5) is 83.1. The number of imide groups is 2. The molecule has 6 atom stereocenters. The fourth-order valence-electron chi connectivity index (χ4n) is 8.82. The second-order valence-corrected chi connectivity index (χ2v) is 13.7. The summed E-state index contributed by atoms with van der Waals surface area (Å²) in [7, 11) is 4.22. The van der Waals surface area contributed by atoms with Crippen molar-refractivity contribution in [2.45, 2.75) is 25.7 Å². The summed E-state index contributed by atoms with van der Waals surface area (Å²) in [6.45, 7) is 1.72. The summed E-state index contributed by atoms with van der Waals surface area (Å²) in [6.07, 6.45) is 1.93. The van der Waals surface area contributed by atoms with Gasteiger partial charge in [0.2, 0.25) is 23.6 Å². The van der Waals surface area contributed by atoms with E-state index in [-0.39, 0.29) is 35.7 Å². The van der Waals surface area contributed by atoms with E-state index in [4.69, 9.17) is 4.74 Å². The van der Waals surface area contributed by atoms with Crippen LogP contribution in [0, 0.1) is 49.3 Å². The standard InChI is InChI=1S/C36H33N5O10/c1-36-24(33(44)39(35(36)46)19-8-6-5-7-9-19)17-23-21(30(36)18-10-13-28(51-4)27(42)14-18)11-12-22-29(23)34(45)38(32(22)43)20-15-25(40(47)48)31(37(2)3)26(16-20)41(49)50/h5-11,13-16,22-24,29-30,42H,12,17H2,1-4H3/t22-,23+,24-,29-,30-,36+/m0/s1. The number of rotatable bonds is 7. The van der Waals surface area contributed by atoms with Crippen LogP contribution in [0.4, 0.5) is 28.4 Å². The van der Waals surface area contributed by atoms with Crippen molar-refractivity contribution in [1.29, 1.82) is 0 Å². The molecule has 4 amide bonds. The van der Waals surface area contributed by atoms with Crippen LogP contribution in [0.1, 0.15) is 31.2 Å². The number of nitro benzene ring substituents is 2. The molecule has 3 aromatic carbocycles. The molecule has 2 aliphatic heterocycles. The van der Waals surface area contributed by atoms with Crippen LogP contribution < -0.4 is 19.4 Å². The van der Waals surface area contributed by atoms with Gasteiger partial charge in [0.1, 0.15) is 0 Å². The molecule has 0 bridgehead atoms. The van der Waals surface area contributed by atoms with E-state index in [1.165, 1.54) is 32.2 Å². The van der Waals surface area contributed by atoms with Gasteiger partial charge in [-0.1, -0.05) is 35.9 Å². The van der Waals surface area contributed by atoms with Crippen molar-refractivity contribution >= 4 is 52.1 Å². The molecule has 0 radical (unpaired) electrons. The number of hydrogen-bond donors (Lipinski definition) is 1. The molecule has 2 aliphatic carbocycles. The van der Waals surface area contributed by atoms with E-state index >= 15 is 0 Å². The maximum atomic E-state index is 14.5. The van der Waals surface area contributed by atoms with Gasteiger partial charge < -0.3 is 14.7 Å². The zero-order chi connectivity index (χ0) is 36.7. The zero-order valence-electron chi connectivity index (χ0n) is 28.0. The van der Waals surface area contributed by atoms with Crippen LogP contribution in [0.3, 0.4) is 0 Å². The average Bonchev–Trinajstić information content (AvgIpc) is 3.47. The number of carbonyl (C=O) groups excluding carboxylic acids is 4. The molecule has 0 aromatic heterocycles. The van der Waals surface area contributed by atoms with Crippen molar-refractivity contribution in [3.63, 3.8) is 0 Å². The molecule has 2 heterocycles. The second-order valence-electron chi connectivity index (χ2n) is 13.7. The van der Waals surface area contributed by atoms with E-state index < -0.39 is 79.9 Å². The van der Waals surface area contributed by atoms with Crippen molar-refractivity contribution in [3.8, 4) is 11.5 Å². The summed E-state index contributed by atoms with van der Waals surface area (Å²) >= 11 is 0. The van der Waals surface area contributed by atoms with Gasteiger partial charge in [0.15, 0.2) is 17.2 Å². The Hall–Kier alpha value is -6.12. The van der Waals surface area contributed by atoms with Gasteiger partial charge in [-0.25, -0.2) is 9.80 Å². The summed E-state index contributed by atoms with van der Waals surface area (Å²) < 4.78 is 5.25. The maximum Gasteiger partial charge on any atom is 0.301 e. The Morgan fingerprint density at radius 2 is 1.51 bits per heavy atom. The second kappa shape index (κ2) is 11.7. The number of hydrogen-bond acceptors (Lipinski definition) is 11. The number of anilines is 3. The molecule has 3 fully saturated rings. The van der Waals surface area contributed by atoms with E-state index in [1.807, 2.05) is 6.08 Å². The van der Waals surface area contributed by atoms with E-state index in [0.29, 0.717) is 16.8 Å². The first kappa shape index (κ1) is 33.4. The Morgan fingerprint density at radius 1 is 0.863 bits per heavy atom. The summed E-state index contributed by atoms with van der Waals surface area (Å²) in [5.41, 5.74) is -1.70. The lowest BCUT2D eigenvalue weighted by atomic mass is 9.51. The molecule has 1 saturated carbocycles. The number of phenolic OH excluding ortho intramolecular Hbond substituents is 1. The van der Waals surface area contributed by atoms with Crippen LogP contribution >= 0.6 is 0 Å². The summed E-state index contributed by atoms with van der Waals surface area (Å²) in [5.74, 6) is -6.70. The molecule has 262 valence electrons. The largest absolute Gasteiger partial charge is 0.504 e. The van der Waals surface area contributed by atoms with E-state index in [0.717, 1.165) is 21.9 Å². The molecule has 0 spiro atoms. The number of carbonyl (C=O) groups is 4. The Bertz CT molecular complexity index is 2060. The third kappa shape index (κ3) is 4.71. The van der Waals surface area contributed by atoms with E-state index in [1.54, 1.807) is 49.4 Å². The molecule has 3 aromatic rings. The number of fused-ring (bicyclic) bond motifs is 4. The molecule has 51 heavy (non-hydrogen) atoms. The fraction of sp³-hybridized carbons (Fsp3) is 0.333. The van der Waals surface area contributed by atoms with Gasteiger partial charge in [0.25, 0.3) is 0 Å². The number of phenols is 1. The molecule has 4 aliphatic rings. The predicted molar refractivity (Wildman–Crippen MR) is 182 cm³/mol. The number of aromatic hydroxyl groups is 1. The van der Waals surface area contributed by atoms with Gasteiger partial charge in [-0.05, 0) is 55.5 Å². The number of nitro groups is 2. The number of allylic oxidation sites excluding steroid dienone is 2. The predicted octanol–water partition coefficient (Wildman–Crippen LogP) is 4.72. The molecule has 0 unspecified atom stereocenters. The highest BCUT2D eigenvalue weighted by molar-refractivity contribution is 6.25. The minimum absolute atomic E-state index is 0.0444. The number of nitrogens with zero attached hydrogens (tertiary/aromatic N) is 5. The molecule has 7 rings (SSSR count). The lowest BCUT2D eigenvalue weighted by Crippen LogP contribution is -2.48. The van der Waals surface area contributed by atoms with Gasteiger partial charge in [-0.15, -0.1) is 0 Å². The molecule has 1 N–H and O–H groups in total. The Morgan fingerprint density at radius 3 is 2.08 bits per heavy atom. The van der Waals surface area contributed by atoms with Crippen molar-refractivity contribution in [2.75, 3.05) is 35.9 Å². The molecule has 2 saturated heterocycles. The van der Waals surface area contributed by atoms with Crippen LogP contribution in [-0.4, -0.2) is 59.8 Å². The summed E-state index contributed by atoms with van der Waals surface area (Å²) in [5, 5.41) is 35.0. The van der Waals surface area contributed by atoms with Crippen molar-refractivity contribution < 1.29 is 38.9 Å². The van der Waals surface area contributed by atoms with Gasteiger partial charge in [0.05, 0.1) is 51.5 Å². The van der Waals surface area contributed by atoms with Gasteiger partial charge >= 0.3 is 11.4 Å². The third-order valence-electron chi connectivity index (χ3n) is 11.0. The topological polar surface area (TPSA) is 194 Å². The SMILES string of the molecule is COc1ccc([C@H]2C3=CC[C@@H]4C(=O)N(c5cc([N+](=O)[O-])c(N(C)C)c([N+](=O)[O-])c5)C(=O)[C@@H]4[C@@H]3C[C@H]3C(=O)N(c4ccccc4)C(=O)[C@@]23C)cc1O. The van der Waals surface area contributed by atoms with Crippen LogP contribution in [-0.2, 0) is 19.2 Å². The number of methoxy groups -OCH3 is 1. The first-order chi connectivity index (χ1) is 24.2. The number of ether oxygens (including phenoxy) is 1. The van der Waals surface area contributed by atoms with Crippen molar-refractivity contribution in [1.82, 2.24) is 0 Å². The van der Waals surface area contributed by atoms with Gasteiger partial charge in [-0.2, -0.15) is 0 Å². The Labute approximate surface area is 291 Å². The van der Waals surface area contributed by atoms with Gasteiger partial charge in [-0.3, -0.25) is 39.4 Å². The zero-order valence-corrected chi connectivity index (χ0v) is 28.0. The lowest BCUT2D eigenvalue weighted by Gasteiger charge is -2.49. The van der Waals surface area contributed by atoms with Crippen LogP contribution in [0.15, 0.2) is 72.3 Å². The van der Waals surface area contributed by atoms with Crippen LogP contribution in [0.5, 0.6) is 11.5 Å². The molecular weight excluding hydrogens is 662 g/mol. The number of para-hydroxylation sites is 1. The average molecular weight is 696 g/mol. The van der Waals surface area contributed by atoms with Crippen LogP contribution in [0.25, 0.3) is 0 Å². The molecule has 15 nitrogen and oxygen atoms in total. The normalized spacial score (nSPS) is 26.7. The highest BCUT2D eigenvalue weighted by atomic mass is 16.6. The van der Waals surface area contributed by atoms with E-state index in [2.05, 4.69) is 0 Å². The molecule has 15 heteroatoms. The minimum atomic E-state index is -1.35. The lowest BCUT2D eigenvalue weighted by molar-refractivity contribution is -0.392.